The zero-order chi connectivity index (χ0) is 23.8. The van der Waals surface area contributed by atoms with Crippen LogP contribution in [0.5, 0.6) is 0 Å². The Hall–Kier alpha value is -3.73. The Morgan fingerprint density at radius 3 is 2.82 bits per heavy atom. The number of nitrogens with zero attached hydrogens (tertiary/aromatic N) is 3. The van der Waals surface area contributed by atoms with Crippen molar-refractivity contribution >= 4 is 35.1 Å². The molecule has 172 valence electrons. The normalized spacial score (nSPS) is 13.0. The number of anilines is 1. The minimum atomic E-state index is -1.52. The van der Waals surface area contributed by atoms with Crippen molar-refractivity contribution in [2.24, 2.45) is 12.8 Å². The molecule has 1 aliphatic rings. The van der Waals surface area contributed by atoms with Crippen LogP contribution < -0.4 is 16.5 Å². The first-order valence-corrected chi connectivity index (χ1v) is 11.0. The average Bonchev–Trinajstić information content (AvgIpc) is 3.18. The fourth-order valence-corrected chi connectivity index (χ4v) is 4.41. The van der Waals surface area contributed by atoms with Crippen molar-refractivity contribution in [1.29, 1.82) is 0 Å². The third-order valence-electron chi connectivity index (χ3n) is 6.05. The quantitative estimate of drug-likeness (QED) is 0.319. The molecule has 0 atom stereocenters. The minimum absolute atomic E-state index is 0.389. The van der Waals surface area contributed by atoms with Crippen LogP contribution in [-0.4, -0.2) is 44.2 Å². The molecular weight excluding hydrogens is 433 g/mol. The van der Waals surface area contributed by atoms with Crippen molar-refractivity contribution in [3.05, 3.63) is 71.0 Å². The van der Waals surface area contributed by atoms with Crippen LogP contribution in [0.1, 0.15) is 27.2 Å². The predicted octanol–water partition coefficient (Wildman–Crippen LogP) is 1.10. The SMILES string of the molecule is Cn1cc2c(C(N)=O)cccc2c1-c1nc2c(c(NCc3cccc(B(O)O)c3)n1)CCOC2. The molecule has 1 aliphatic heterocycles. The number of carbonyl (C=O) groups is 1. The molecule has 2 aromatic carbocycles. The van der Waals surface area contributed by atoms with E-state index in [0.29, 0.717) is 48.8 Å². The van der Waals surface area contributed by atoms with Gasteiger partial charge in [-0.15, -0.1) is 0 Å². The lowest BCUT2D eigenvalue weighted by atomic mass is 9.79. The third kappa shape index (κ3) is 4.03. The predicted molar refractivity (Wildman–Crippen MR) is 129 cm³/mol. The van der Waals surface area contributed by atoms with Crippen LogP contribution in [0.4, 0.5) is 5.82 Å². The zero-order valence-electron chi connectivity index (χ0n) is 18.7. The summed E-state index contributed by atoms with van der Waals surface area (Å²) >= 11 is 0. The van der Waals surface area contributed by atoms with E-state index in [2.05, 4.69) is 5.32 Å². The van der Waals surface area contributed by atoms with Gasteiger partial charge in [0.15, 0.2) is 5.82 Å². The molecule has 0 saturated heterocycles. The van der Waals surface area contributed by atoms with Gasteiger partial charge in [0, 0.05) is 48.1 Å². The number of rotatable bonds is 6. The first-order valence-electron chi connectivity index (χ1n) is 11.0. The lowest BCUT2D eigenvalue weighted by Gasteiger charge is -2.20. The molecule has 0 saturated carbocycles. The molecule has 0 aliphatic carbocycles. The summed E-state index contributed by atoms with van der Waals surface area (Å²) in [5.74, 6) is 0.740. The molecule has 1 amide bonds. The van der Waals surface area contributed by atoms with Crippen molar-refractivity contribution < 1.29 is 19.6 Å². The van der Waals surface area contributed by atoms with E-state index in [4.69, 9.17) is 20.4 Å². The fourth-order valence-electron chi connectivity index (χ4n) is 4.41. The van der Waals surface area contributed by atoms with Crippen molar-refractivity contribution in [2.45, 2.75) is 19.6 Å². The number of aromatic nitrogens is 3. The van der Waals surface area contributed by atoms with E-state index in [0.717, 1.165) is 33.3 Å². The topological polar surface area (TPSA) is 136 Å². The van der Waals surface area contributed by atoms with E-state index in [1.165, 1.54) is 0 Å². The second-order valence-electron chi connectivity index (χ2n) is 8.32. The maximum atomic E-state index is 11.9. The molecule has 10 heteroatoms. The van der Waals surface area contributed by atoms with Gasteiger partial charge in [-0.2, -0.15) is 0 Å². The molecule has 5 N–H and O–H groups in total. The Morgan fingerprint density at radius 1 is 1.21 bits per heavy atom. The van der Waals surface area contributed by atoms with Gasteiger partial charge in [0.1, 0.15) is 5.82 Å². The van der Waals surface area contributed by atoms with Crippen LogP contribution >= 0.6 is 0 Å². The lowest BCUT2D eigenvalue weighted by Crippen LogP contribution is -2.30. The van der Waals surface area contributed by atoms with E-state index < -0.39 is 13.0 Å². The van der Waals surface area contributed by atoms with Gasteiger partial charge in [0.2, 0.25) is 5.91 Å². The Labute approximate surface area is 196 Å². The Kier molecular flexibility index (Phi) is 5.78. The molecule has 9 nitrogen and oxygen atoms in total. The van der Waals surface area contributed by atoms with Crippen molar-refractivity contribution in [3.63, 3.8) is 0 Å². The summed E-state index contributed by atoms with van der Waals surface area (Å²) in [6.07, 6.45) is 2.55. The Morgan fingerprint density at radius 2 is 2.03 bits per heavy atom. The van der Waals surface area contributed by atoms with E-state index in [-0.39, 0.29) is 0 Å². The summed E-state index contributed by atoms with van der Waals surface area (Å²) in [5.41, 5.74) is 9.95. The van der Waals surface area contributed by atoms with Gasteiger partial charge >= 0.3 is 7.12 Å². The van der Waals surface area contributed by atoms with E-state index in [1.807, 2.05) is 29.9 Å². The molecule has 4 aromatic rings. The number of nitrogens with one attached hydrogen (secondary N) is 1. The maximum Gasteiger partial charge on any atom is 0.488 e. The van der Waals surface area contributed by atoms with Crippen molar-refractivity contribution in [1.82, 2.24) is 14.5 Å². The summed E-state index contributed by atoms with van der Waals surface area (Å²) in [6.45, 7) is 1.43. The monoisotopic (exact) mass is 457 g/mol. The minimum Gasteiger partial charge on any atom is -0.423 e. The number of ether oxygens (including phenoxy) is 1. The molecule has 0 unspecified atom stereocenters. The Bertz CT molecular complexity index is 1400. The summed E-state index contributed by atoms with van der Waals surface area (Å²) in [6, 6.07) is 12.5. The summed E-state index contributed by atoms with van der Waals surface area (Å²) in [5, 5.41) is 23.9. The van der Waals surface area contributed by atoms with E-state index in [9.17, 15) is 14.8 Å². The number of fused-ring (bicyclic) bond motifs is 2. The van der Waals surface area contributed by atoms with Crippen LogP contribution in [0.25, 0.3) is 22.3 Å². The highest BCUT2D eigenvalue weighted by molar-refractivity contribution is 6.58. The summed E-state index contributed by atoms with van der Waals surface area (Å²) in [4.78, 5) is 21.6. The number of hydrogen-bond acceptors (Lipinski definition) is 7. The second kappa shape index (κ2) is 8.90. The highest BCUT2D eigenvalue weighted by Gasteiger charge is 2.22. The highest BCUT2D eigenvalue weighted by Crippen LogP contribution is 2.33. The van der Waals surface area contributed by atoms with Gasteiger partial charge in [-0.25, -0.2) is 9.97 Å². The van der Waals surface area contributed by atoms with Crippen LogP contribution in [0, 0.1) is 0 Å². The molecule has 3 heterocycles. The summed E-state index contributed by atoms with van der Waals surface area (Å²) in [7, 11) is 0.365. The number of primary amides is 1. The molecular formula is C24H24BN5O4. The molecule has 5 rings (SSSR count). The van der Waals surface area contributed by atoms with Gasteiger partial charge in [0.05, 0.1) is 24.6 Å². The number of carbonyl (C=O) groups excluding carboxylic acids is 1. The number of aryl methyl sites for hydroxylation is 1. The van der Waals surface area contributed by atoms with Crippen molar-refractivity contribution in [3.8, 4) is 11.5 Å². The summed E-state index contributed by atoms with van der Waals surface area (Å²) < 4.78 is 7.56. The van der Waals surface area contributed by atoms with Crippen LogP contribution in [0.15, 0.2) is 48.7 Å². The van der Waals surface area contributed by atoms with E-state index in [1.54, 1.807) is 30.3 Å². The number of hydrogen-bond donors (Lipinski definition) is 4. The Balaban J connectivity index is 1.57. The lowest BCUT2D eigenvalue weighted by molar-refractivity contribution is 0.100. The zero-order valence-corrected chi connectivity index (χ0v) is 18.7. The molecule has 34 heavy (non-hydrogen) atoms. The van der Waals surface area contributed by atoms with Crippen LogP contribution in [0.3, 0.4) is 0 Å². The first kappa shape index (κ1) is 22.1. The van der Waals surface area contributed by atoms with Gasteiger partial charge in [-0.3, -0.25) is 4.79 Å². The van der Waals surface area contributed by atoms with Gasteiger partial charge in [0.25, 0.3) is 0 Å². The first-order chi connectivity index (χ1) is 16.4. The smallest absolute Gasteiger partial charge is 0.423 e. The average molecular weight is 457 g/mol. The maximum absolute atomic E-state index is 11.9. The largest absolute Gasteiger partial charge is 0.488 e. The molecule has 0 bridgehead atoms. The number of amides is 1. The fraction of sp³-hybridized carbons (Fsp3) is 0.208. The molecule has 0 radical (unpaired) electrons. The number of benzene rings is 2. The molecule has 0 spiro atoms. The van der Waals surface area contributed by atoms with Crippen LogP contribution in [0.2, 0.25) is 0 Å². The standard InChI is InChI=1S/C24H24BN5O4/c1-30-12-19-16(6-3-7-17(19)22(26)31)21(30)24-28-20-13-34-9-8-18(20)23(29-24)27-11-14-4-2-5-15(10-14)25(32)33/h2-7,10,12,32-33H,8-9,11,13H2,1H3,(H2,26,31)(H,27,28,29). The van der Waals surface area contributed by atoms with Crippen molar-refractivity contribution in [2.75, 3.05) is 11.9 Å². The van der Waals surface area contributed by atoms with Gasteiger partial charge in [-0.1, -0.05) is 36.4 Å². The van der Waals surface area contributed by atoms with Gasteiger partial charge in [-0.05, 0) is 17.1 Å². The highest BCUT2D eigenvalue weighted by atomic mass is 16.5. The van der Waals surface area contributed by atoms with Crippen LogP contribution in [-0.2, 0) is 31.4 Å². The number of nitrogens with two attached hydrogens (primary N) is 1. The third-order valence-corrected chi connectivity index (χ3v) is 6.05. The van der Waals surface area contributed by atoms with E-state index >= 15 is 0 Å². The molecule has 0 fully saturated rings. The van der Waals surface area contributed by atoms with Gasteiger partial charge < -0.3 is 30.4 Å². The molecule has 2 aromatic heterocycles. The second-order valence-corrected chi connectivity index (χ2v) is 8.32.